The molecular weight excluding hydrogens is 732 g/mol. The average molecular weight is 774 g/mol. The topological polar surface area (TPSA) is 85.3 Å². The Morgan fingerprint density at radius 1 is 0.812 bits per heavy atom. The fourth-order valence-electron chi connectivity index (χ4n) is 0. The number of rotatable bonds is 5. The molecule has 5 nitrogen and oxygen atoms in total. The molecule has 4 radical (unpaired) electrons. The van der Waals surface area contributed by atoms with E-state index in [1.807, 2.05) is 13.8 Å². The minimum Gasteiger partial charge on any atom is -0.518 e. The third-order valence-corrected chi connectivity index (χ3v) is 1.82. The molecule has 0 aromatic heterocycles. The van der Waals surface area contributed by atoms with Gasteiger partial charge in [0.15, 0.2) is 0 Å². The van der Waals surface area contributed by atoms with Gasteiger partial charge >= 0.3 is 0 Å². The fourth-order valence-corrected chi connectivity index (χ4v) is 0. The summed E-state index contributed by atoms with van der Waals surface area (Å²) in [6.45, 7) is 25.7. The molecule has 0 fully saturated rings. The minimum atomic E-state index is -2.92. The molecule has 10 heteroatoms. The molecule has 0 amide bonds. The minimum absolute atomic E-state index is 0. The van der Waals surface area contributed by atoms with Crippen LogP contribution in [0, 0.1) is 26.3 Å². The van der Waals surface area contributed by atoms with Crippen molar-refractivity contribution in [2.45, 2.75) is 80.6 Å². The van der Waals surface area contributed by atoms with Crippen LogP contribution in [-0.4, -0.2) is 32.0 Å². The van der Waals surface area contributed by atoms with E-state index in [2.05, 4.69) is 27.0 Å². The molecule has 0 saturated carbocycles. The smallest absolute Gasteiger partial charge is 0.129 e. The van der Waals surface area contributed by atoms with Crippen molar-refractivity contribution in [3.8, 4) is 0 Å². The van der Waals surface area contributed by atoms with Crippen LogP contribution in [0.2, 0.25) is 0 Å². The van der Waals surface area contributed by atoms with Crippen LogP contribution in [-0.2, 0) is 155 Å². The van der Waals surface area contributed by atoms with E-state index in [0.29, 0.717) is 12.8 Å². The van der Waals surface area contributed by atoms with Gasteiger partial charge in [-0.25, -0.2) is 12.3 Å². The predicted octanol–water partition coefficient (Wildman–Crippen LogP) is 5.35. The van der Waals surface area contributed by atoms with Crippen LogP contribution in [0.5, 0.6) is 0 Å². The first-order valence-electron chi connectivity index (χ1n) is 9.04. The Morgan fingerprint density at radius 2 is 0.969 bits per heavy atom. The Balaban J connectivity index is -0.0000000222. The van der Waals surface area contributed by atoms with Crippen molar-refractivity contribution in [3.63, 3.8) is 0 Å². The third kappa shape index (κ3) is 283. The maximum atomic E-state index is 9.81. The molecule has 0 aromatic rings. The molecule has 0 atom stereocenters. The van der Waals surface area contributed by atoms with Crippen LogP contribution in [0.15, 0.2) is 12.2 Å². The molecule has 0 saturated heterocycles. The molecule has 0 bridgehead atoms. The van der Waals surface area contributed by atoms with Crippen molar-refractivity contribution in [1.29, 1.82) is 0 Å². The molecule has 0 N–H and O–H groups in total. The van der Waals surface area contributed by atoms with Crippen LogP contribution in [0.4, 0.5) is 0 Å². The first-order chi connectivity index (χ1) is 12.6. The summed E-state index contributed by atoms with van der Waals surface area (Å²) >= 11 is 0. The fraction of sp³-hybridized carbons (Fsp3) is 0.591. The monoisotopic (exact) mass is 774 g/mol. The summed E-state index contributed by atoms with van der Waals surface area (Å²) in [5, 5.41) is 0. The SMILES string of the molecule is CCC(C)=O.CCCC.[CH-]=CC(C)=O.[CH-]=CCC.[CH2-]CC(C)=O.[CH2-]S(C)(=O)=O.[Y].[Y].[Y].[Y]. The third-order valence-electron chi connectivity index (χ3n) is 1.82. The summed E-state index contributed by atoms with van der Waals surface area (Å²) in [6, 6.07) is 0. The van der Waals surface area contributed by atoms with Crippen LogP contribution in [0.3, 0.4) is 0 Å². The molecule has 0 heterocycles. The number of sulfone groups is 1. The van der Waals surface area contributed by atoms with Crippen molar-refractivity contribution in [2.75, 3.05) is 6.26 Å². The van der Waals surface area contributed by atoms with E-state index in [-0.39, 0.29) is 148 Å². The van der Waals surface area contributed by atoms with Gasteiger partial charge in [-0.1, -0.05) is 53.9 Å². The quantitative estimate of drug-likeness (QED) is 0.278. The Hall–Kier alpha value is 2.86. The molecular formula is C22H42O5SY4-4. The van der Waals surface area contributed by atoms with Crippen molar-refractivity contribution < 1.29 is 154 Å². The van der Waals surface area contributed by atoms with Crippen LogP contribution in [0.1, 0.15) is 80.6 Å². The molecule has 0 spiro atoms. The number of Topliss-reactive ketones (excluding diaryl/α,β-unsaturated/α-hetero) is 2. The molecule has 0 rings (SSSR count). The Bertz CT molecular complexity index is 457. The van der Waals surface area contributed by atoms with E-state index in [9.17, 15) is 22.8 Å². The van der Waals surface area contributed by atoms with E-state index < -0.39 is 9.84 Å². The summed E-state index contributed by atoms with van der Waals surface area (Å²) in [6.07, 6.45) is 11.1. The largest absolute Gasteiger partial charge is 0.518 e. The van der Waals surface area contributed by atoms with Gasteiger partial charge in [-0.15, -0.1) is 6.42 Å². The van der Waals surface area contributed by atoms with Crippen molar-refractivity contribution in [1.82, 2.24) is 0 Å². The van der Waals surface area contributed by atoms with Gasteiger partial charge in [0.05, 0.1) is 5.78 Å². The van der Waals surface area contributed by atoms with E-state index >= 15 is 0 Å². The van der Waals surface area contributed by atoms with E-state index in [1.54, 1.807) is 13.0 Å². The zero-order chi connectivity index (χ0) is 24.2. The van der Waals surface area contributed by atoms with Crippen LogP contribution >= 0.6 is 0 Å². The average Bonchev–Trinajstić information content (AvgIpc) is 2.61. The Labute approximate surface area is 301 Å². The van der Waals surface area contributed by atoms with E-state index in [4.69, 9.17) is 13.2 Å². The zero-order valence-electron chi connectivity index (χ0n) is 21.5. The number of carbonyl (C=O) groups is 3. The molecule has 182 valence electrons. The number of allylic oxidation sites excluding steroid dienone is 2. The van der Waals surface area contributed by atoms with Crippen molar-refractivity contribution in [2.24, 2.45) is 0 Å². The summed E-state index contributed by atoms with van der Waals surface area (Å²) in [5.74, 6) is 0.306. The molecule has 0 aliphatic rings. The van der Waals surface area contributed by atoms with Crippen molar-refractivity contribution in [3.05, 3.63) is 38.5 Å². The first-order valence-corrected chi connectivity index (χ1v) is 11.1. The molecule has 0 unspecified atom stereocenters. The van der Waals surface area contributed by atoms with Gasteiger partial charge < -0.3 is 27.9 Å². The predicted molar refractivity (Wildman–Crippen MR) is 121 cm³/mol. The molecule has 0 aromatic carbocycles. The molecule has 0 aliphatic heterocycles. The summed E-state index contributed by atoms with van der Waals surface area (Å²) in [5.41, 5.74) is 0. The Kier molecular flexibility index (Phi) is 120. The van der Waals surface area contributed by atoms with Gasteiger partial charge in [0, 0.05) is 153 Å². The zero-order valence-corrected chi connectivity index (χ0v) is 33.7. The second-order valence-corrected chi connectivity index (χ2v) is 7.21. The van der Waals surface area contributed by atoms with Gasteiger partial charge in [-0.3, -0.25) is 21.1 Å². The normalized spacial score (nSPS) is 6.94. The number of carbonyl (C=O) groups excluding carboxylic acids is 3. The molecule has 0 aliphatic carbocycles. The number of hydrogen-bond donors (Lipinski definition) is 0. The maximum absolute atomic E-state index is 9.81. The van der Waals surface area contributed by atoms with Crippen LogP contribution < -0.4 is 0 Å². The van der Waals surface area contributed by atoms with Gasteiger partial charge in [0.2, 0.25) is 0 Å². The second-order valence-electron chi connectivity index (χ2n) is 5.35. The van der Waals surface area contributed by atoms with Gasteiger partial charge in [0.25, 0.3) is 0 Å². The number of ketones is 3. The van der Waals surface area contributed by atoms with E-state index in [1.165, 1.54) is 26.7 Å². The number of hydrogen-bond acceptors (Lipinski definition) is 5. The van der Waals surface area contributed by atoms with Crippen molar-refractivity contribution >= 4 is 27.2 Å². The van der Waals surface area contributed by atoms with Gasteiger partial charge in [-0.05, 0) is 19.6 Å². The standard InChI is InChI=1S/C4H8O.C4H7O.C4H5O.C4H10.C4H7.C2H5O2S.4Y/c3*1-3-4(2)5;2*1-3-4-2;1-5(2,3)4;;;;/h3H2,1-2H3;1,3H2,2H3;1,3H,2H3;3-4H2,1-2H3;1,3H,4H2,2H3;1H2,2H3;;;;/q;2*-1;;2*-1;;;;. The Morgan fingerprint density at radius 3 is 0.969 bits per heavy atom. The maximum Gasteiger partial charge on any atom is 0.129 e. The summed E-state index contributed by atoms with van der Waals surface area (Å²) in [4.78, 5) is 29.2. The second kappa shape index (κ2) is 59.2. The van der Waals surface area contributed by atoms with E-state index in [0.717, 1.165) is 18.8 Å². The number of unbranched alkanes of at least 4 members (excludes halogenated alkanes) is 1. The molecule has 32 heavy (non-hydrogen) atoms. The first kappa shape index (κ1) is 64.7. The summed E-state index contributed by atoms with van der Waals surface area (Å²) in [7, 11) is -2.92. The van der Waals surface area contributed by atoms with Gasteiger partial charge in [0.1, 0.15) is 5.78 Å². The van der Waals surface area contributed by atoms with Crippen LogP contribution in [0.25, 0.3) is 0 Å². The van der Waals surface area contributed by atoms with Gasteiger partial charge in [-0.2, -0.15) is 0 Å². The summed E-state index contributed by atoms with van der Waals surface area (Å²) < 4.78 is 19.0.